The highest BCUT2D eigenvalue weighted by Gasteiger charge is 2.48. The van der Waals surface area contributed by atoms with Gasteiger partial charge in [0.05, 0.1) is 22.8 Å². The summed E-state index contributed by atoms with van der Waals surface area (Å²) in [6.45, 7) is 8.09. The molecule has 6 nitrogen and oxygen atoms in total. The Morgan fingerprint density at radius 1 is 1.32 bits per heavy atom. The number of imidazole rings is 1. The zero-order valence-electron chi connectivity index (χ0n) is 15.4. The third kappa shape index (κ3) is 3.18. The van der Waals surface area contributed by atoms with Crippen molar-refractivity contribution in [3.8, 4) is 0 Å². The summed E-state index contributed by atoms with van der Waals surface area (Å²) in [6.07, 6.45) is 4.62. The maximum atomic E-state index is 12.6. The van der Waals surface area contributed by atoms with E-state index in [0.29, 0.717) is 19.5 Å². The number of H-pyrrole nitrogens is 1. The number of fused-ring (bicyclic) bond motifs is 2. The smallest absolute Gasteiger partial charge is 0.235 e. The average molecular weight is 365 g/mol. The third-order valence-electron chi connectivity index (χ3n) is 5.53. The lowest BCUT2D eigenvalue weighted by atomic mass is 9.78. The quantitative estimate of drug-likeness (QED) is 0.889. The standard InChI is InChI=1S/C18H28N4O2S/c1-4-15(23)22-9-6-14-16(20-12-19-14)18(22)7-10-21(11-8-18)17(24)13(3)25-5-2/h12-13H,4-11H2,1-3H3,(H,19,20)/t13-/m0/s1. The maximum Gasteiger partial charge on any atom is 0.235 e. The molecule has 1 atom stereocenters. The van der Waals surface area contributed by atoms with Gasteiger partial charge in [0.15, 0.2) is 0 Å². The maximum absolute atomic E-state index is 12.6. The Hall–Kier alpha value is -1.50. The van der Waals surface area contributed by atoms with Crippen LogP contribution in [0.4, 0.5) is 0 Å². The SMILES string of the molecule is CCS[C@@H](C)C(=O)N1CCC2(CC1)c1nc[nH]c1CCN2C(=O)CC. The number of likely N-dealkylation sites (tertiary alicyclic amines) is 1. The van der Waals surface area contributed by atoms with Crippen molar-refractivity contribution in [2.75, 3.05) is 25.4 Å². The first-order valence-electron chi connectivity index (χ1n) is 9.27. The number of carbonyl (C=O) groups excluding carboxylic acids is 2. The van der Waals surface area contributed by atoms with Crippen LogP contribution in [0.3, 0.4) is 0 Å². The van der Waals surface area contributed by atoms with Crippen molar-refractivity contribution in [3.05, 3.63) is 17.7 Å². The number of amides is 2. The Kier molecular flexibility index (Phi) is 5.41. The lowest BCUT2D eigenvalue weighted by Gasteiger charge is -2.50. The normalized spacial score (nSPS) is 20.4. The molecule has 0 radical (unpaired) electrons. The van der Waals surface area contributed by atoms with Gasteiger partial charge < -0.3 is 14.8 Å². The van der Waals surface area contributed by atoms with Gasteiger partial charge in [0.1, 0.15) is 0 Å². The fraction of sp³-hybridized carbons (Fsp3) is 0.722. The molecular weight excluding hydrogens is 336 g/mol. The number of aromatic nitrogens is 2. The van der Waals surface area contributed by atoms with E-state index in [4.69, 9.17) is 0 Å². The van der Waals surface area contributed by atoms with E-state index in [0.717, 1.165) is 42.9 Å². The molecule has 138 valence electrons. The van der Waals surface area contributed by atoms with Gasteiger partial charge >= 0.3 is 0 Å². The summed E-state index contributed by atoms with van der Waals surface area (Å²) in [5.41, 5.74) is 1.82. The van der Waals surface area contributed by atoms with Gasteiger partial charge in [-0.3, -0.25) is 9.59 Å². The molecule has 2 aliphatic rings. The van der Waals surface area contributed by atoms with Gasteiger partial charge in [-0.2, -0.15) is 0 Å². The minimum Gasteiger partial charge on any atom is -0.348 e. The van der Waals surface area contributed by atoms with Crippen molar-refractivity contribution in [1.82, 2.24) is 19.8 Å². The topological polar surface area (TPSA) is 69.3 Å². The second-order valence-electron chi connectivity index (χ2n) is 6.83. The van der Waals surface area contributed by atoms with E-state index in [1.165, 1.54) is 0 Å². The molecule has 25 heavy (non-hydrogen) atoms. The Balaban J connectivity index is 1.81. The number of hydrogen-bond acceptors (Lipinski definition) is 4. The van der Waals surface area contributed by atoms with Crippen LogP contribution in [0.15, 0.2) is 6.33 Å². The number of aromatic amines is 1. The molecule has 0 aromatic carbocycles. The number of hydrogen-bond donors (Lipinski definition) is 1. The van der Waals surface area contributed by atoms with Crippen LogP contribution in [0.2, 0.25) is 0 Å². The highest BCUT2D eigenvalue weighted by molar-refractivity contribution is 8.00. The van der Waals surface area contributed by atoms with Crippen LogP contribution in [0.25, 0.3) is 0 Å². The molecule has 7 heteroatoms. The molecule has 1 saturated heterocycles. The van der Waals surface area contributed by atoms with E-state index >= 15 is 0 Å². The second kappa shape index (κ2) is 7.40. The first-order chi connectivity index (χ1) is 12.0. The predicted molar refractivity (Wildman–Crippen MR) is 99.4 cm³/mol. The summed E-state index contributed by atoms with van der Waals surface area (Å²) in [5.74, 6) is 1.34. The van der Waals surface area contributed by atoms with Gasteiger partial charge in [-0.15, -0.1) is 11.8 Å². The zero-order chi connectivity index (χ0) is 18.0. The highest BCUT2D eigenvalue weighted by atomic mass is 32.2. The minimum atomic E-state index is -0.349. The molecule has 0 bridgehead atoms. The van der Waals surface area contributed by atoms with Gasteiger partial charge in [-0.25, -0.2) is 4.98 Å². The van der Waals surface area contributed by atoms with E-state index in [1.807, 2.05) is 23.6 Å². The van der Waals surface area contributed by atoms with Crippen LogP contribution in [0.1, 0.15) is 51.4 Å². The first kappa shape index (κ1) is 18.3. The van der Waals surface area contributed by atoms with Gasteiger partial charge in [0.25, 0.3) is 0 Å². The summed E-state index contributed by atoms with van der Waals surface area (Å²) in [7, 11) is 0. The van der Waals surface area contributed by atoms with Gasteiger partial charge in [-0.1, -0.05) is 13.8 Å². The number of nitrogens with zero attached hydrogens (tertiary/aromatic N) is 3. The minimum absolute atomic E-state index is 0.000253. The van der Waals surface area contributed by atoms with Crippen molar-refractivity contribution >= 4 is 23.6 Å². The van der Waals surface area contributed by atoms with Crippen LogP contribution in [-0.4, -0.2) is 62.2 Å². The molecule has 3 heterocycles. The summed E-state index contributed by atoms with van der Waals surface area (Å²) >= 11 is 1.69. The first-order valence-corrected chi connectivity index (χ1v) is 10.3. The van der Waals surface area contributed by atoms with Crippen LogP contribution in [-0.2, 0) is 21.5 Å². The third-order valence-corrected chi connectivity index (χ3v) is 6.57. The van der Waals surface area contributed by atoms with Gasteiger partial charge in [0.2, 0.25) is 11.8 Å². The summed E-state index contributed by atoms with van der Waals surface area (Å²) < 4.78 is 0. The molecule has 1 aromatic heterocycles. The van der Waals surface area contributed by atoms with Gasteiger partial charge in [0, 0.05) is 38.2 Å². The zero-order valence-corrected chi connectivity index (χ0v) is 16.2. The molecule has 3 rings (SSSR count). The summed E-state index contributed by atoms with van der Waals surface area (Å²) in [4.78, 5) is 37.0. The molecule has 0 unspecified atom stereocenters. The molecule has 2 aliphatic heterocycles. The Bertz CT molecular complexity index is 637. The molecule has 1 fully saturated rings. The number of thioether (sulfide) groups is 1. The molecule has 0 aliphatic carbocycles. The molecular formula is C18H28N4O2S. The van der Waals surface area contributed by atoms with E-state index in [-0.39, 0.29) is 22.6 Å². The van der Waals surface area contributed by atoms with Crippen LogP contribution >= 0.6 is 11.8 Å². The number of rotatable bonds is 4. The van der Waals surface area contributed by atoms with Crippen molar-refractivity contribution < 1.29 is 9.59 Å². The van der Waals surface area contributed by atoms with E-state index in [1.54, 1.807) is 18.1 Å². The number of piperidine rings is 1. The van der Waals surface area contributed by atoms with E-state index in [9.17, 15) is 9.59 Å². The number of carbonyl (C=O) groups is 2. The average Bonchev–Trinajstić information content (AvgIpc) is 3.12. The molecule has 1 spiro atoms. The van der Waals surface area contributed by atoms with Crippen LogP contribution in [0.5, 0.6) is 0 Å². The van der Waals surface area contributed by atoms with Crippen molar-refractivity contribution in [2.45, 2.75) is 57.2 Å². The predicted octanol–water partition coefficient (Wildman–Crippen LogP) is 2.16. The lowest BCUT2D eigenvalue weighted by molar-refractivity contribution is -0.144. The van der Waals surface area contributed by atoms with E-state index in [2.05, 4.69) is 16.9 Å². The largest absolute Gasteiger partial charge is 0.348 e. The number of nitrogens with one attached hydrogen (secondary N) is 1. The highest BCUT2D eigenvalue weighted by Crippen LogP contribution is 2.42. The second-order valence-corrected chi connectivity index (χ2v) is 8.45. The van der Waals surface area contributed by atoms with Crippen molar-refractivity contribution in [1.29, 1.82) is 0 Å². The fourth-order valence-electron chi connectivity index (χ4n) is 4.21. The molecule has 1 aromatic rings. The van der Waals surface area contributed by atoms with Crippen molar-refractivity contribution in [3.63, 3.8) is 0 Å². The fourth-order valence-corrected chi connectivity index (χ4v) is 5.01. The monoisotopic (exact) mass is 364 g/mol. The van der Waals surface area contributed by atoms with Crippen LogP contribution in [0, 0.1) is 0 Å². The van der Waals surface area contributed by atoms with Crippen LogP contribution < -0.4 is 0 Å². The molecule has 2 amide bonds. The summed E-state index contributed by atoms with van der Waals surface area (Å²) in [5, 5.41) is -0.000253. The lowest BCUT2D eigenvalue weighted by Crippen LogP contribution is -2.59. The van der Waals surface area contributed by atoms with E-state index < -0.39 is 0 Å². The Morgan fingerprint density at radius 2 is 2.04 bits per heavy atom. The Morgan fingerprint density at radius 3 is 2.68 bits per heavy atom. The summed E-state index contributed by atoms with van der Waals surface area (Å²) in [6, 6.07) is 0. The van der Waals surface area contributed by atoms with Crippen molar-refractivity contribution in [2.24, 2.45) is 0 Å². The molecule has 1 N–H and O–H groups in total. The Labute approximate surface area is 153 Å². The van der Waals surface area contributed by atoms with Gasteiger partial charge in [-0.05, 0) is 25.5 Å². The molecule has 0 saturated carbocycles.